The number of hydrogen-bond acceptors (Lipinski definition) is 3. The van der Waals surface area contributed by atoms with Crippen molar-refractivity contribution in [1.29, 1.82) is 0 Å². The molecule has 3 aromatic rings. The standard InChI is InChI=1S/C14H11FN2O2S.C2H6/c1-10-12-7-8-17(14(12)16-9-13(10)15)20(18,19)11-5-3-2-4-6-11;1-2/h2-9H,1H3;1-2H3. The molecular formula is C16H17FN2O2S. The lowest BCUT2D eigenvalue weighted by Crippen LogP contribution is -2.12. The van der Waals surface area contributed by atoms with Crippen molar-refractivity contribution in [1.82, 2.24) is 8.96 Å². The van der Waals surface area contributed by atoms with Crippen LogP contribution in [0, 0.1) is 12.7 Å². The SMILES string of the molecule is CC.Cc1c(F)cnc2c1ccn2S(=O)(=O)c1ccccc1. The minimum absolute atomic E-state index is 0.168. The molecule has 4 nitrogen and oxygen atoms in total. The molecule has 0 aliphatic carbocycles. The minimum atomic E-state index is -3.72. The number of rotatable bonds is 2. The van der Waals surface area contributed by atoms with E-state index in [1.807, 2.05) is 13.8 Å². The van der Waals surface area contributed by atoms with Crippen molar-refractivity contribution < 1.29 is 12.8 Å². The zero-order chi connectivity index (χ0) is 16.3. The first kappa shape index (κ1) is 16.2. The maximum absolute atomic E-state index is 13.5. The van der Waals surface area contributed by atoms with Crippen LogP contribution in [0.1, 0.15) is 19.4 Å². The number of pyridine rings is 1. The summed E-state index contributed by atoms with van der Waals surface area (Å²) in [6.07, 6.45) is 2.43. The second-order valence-corrected chi connectivity index (χ2v) is 6.21. The Labute approximate surface area is 129 Å². The highest BCUT2D eigenvalue weighted by Gasteiger charge is 2.20. The molecular weight excluding hydrogens is 303 g/mol. The lowest BCUT2D eigenvalue weighted by Gasteiger charge is -2.07. The van der Waals surface area contributed by atoms with E-state index < -0.39 is 15.8 Å². The molecule has 2 aromatic heterocycles. The van der Waals surface area contributed by atoms with E-state index in [9.17, 15) is 12.8 Å². The van der Waals surface area contributed by atoms with E-state index in [4.69, 9.17) is 0 Å². The Bertz CT molecular complexity index is 887. The van der Waals surface area contributed by atoms with E-state index >= 15 is 0 Å². The van der Waals surface area contributed by atoms with Crippen LogP contribution in [0.2, 0.25) is 0 Å². The molecule has 0 fully saturated rings. The fraction of sp³-hybridized carbons (Fsp3) is 0.188. The summed E-state index contributed by atoms with van der Waals surface area (Å²) in [5, 5.41) is 0.490. The summed E-state index contributed by atoms with van der Waals surface area (Å²) in [7, 11) is -3.72. The fourth-order valence-corrected chi connectivity index (χ4v) is 3.39. The third-order valence-electron chi connectivity index (χ3n) is 3.19. The number of nitrogens with zero attached hydrogens (tertiary/aromatic N) is 2. The van der Waals surface area contributed by atoms with Crippen LogP contribution in [0.5, 0.6) is 0 Å². The van der Waals surface area contributed by atoms with Crippen molar-refractivity contribution in [3.05, 3.63) is 60.2 Å². The second-order valence-electron chi connectivity index (χ2n) is 4.40. The van der Waals surface area contributed by atoms with Gasteiger partial charge in [0.15, 0.2) is 5.65 Å². The molecule has 0 atom stereocenters. The van der Waals surface area contributed by atoms with Crippen molar-refractivity contribution in [2.24, 2.45) is 0 Å². The molecule has 0 aliphatic heterocycles. The molecule has 0 saturated carbocycles. The summed E-state index contributed by atoms with van der Waals surface area (Å²) in [6.45, 7) is 5.60. The van der Waals surface area contributed by atoms with Gasteiger partial charge in [-0.25, -0.2) is 21.8 Å². The lowest BCUT2D eigenvalue weighted by atomic mass is 10.2. The first-order valence-electron chi connectivity index (χ1n) is 6.94. The van der Waals surface area contributed by atoms with Gasteiger partial charge in [0.05, 0.1) is 11.1 Å². The number of hydrogen-bond donors (Lipinski definition) is 0. The Balaban J connectivity index is 0.000000847. The zero-order valence-electron chi connectivity index (χ0n) is 12.6. The van der Waals surface area contributed by atoms with E-state index in [2.05, 4.69) is 4.98 Å². The van der Waals surface area contributed by atoms with Crippen LogP contribution < -0.4 is 0 Å². The highest BCUT2D eigenvalue weighted by Crippen LogP contribution is 2.24. The largest absolute Gasteiger partial charge is 0.269 e. The molecule has 3 rings (SSSR count). The number of aryl methyl sites for hydroxylation is 1. The van der Waals surface area contributed by atoms with Gasteiger partial charge in [-0.3, -0.25) is 0 Å². The van der Waals surface area contributed by atoms with Gasteiger partial charge in [-0.15, -0.1) is 0 Å². The van der Waals surface area contributed by atoms with E-state index in [-0.39, 0.29) is 10.5 Å². The van der Waals surface area contributed by atoms with Crippen LogP contribution in [0.15, 0.2) is 53.7 Å². The molecule has 1 aromatic carbocycles. The van der Waals surface area contributed by atoms with Crippen LogP contribution in [-0.2, 0) is 10.0 Å². The Hall–Kier alpha value is -2.21. The van der Waals surface area contributed by atoms with Crippen molar-refractivity contribution in [2.75, 3.05) is 0 Å². The normalized spacial score (nSPS) is 11.1. The minimum Gasteiger partial charge on any atom is -0.234 e. The molecule has 0 amide bonds. The highest BCUT2D eigenvalue weighted by molar-refractivity contribution is 7.90. The molecule has 6 heteroatoms. The summed E-state index contributed by atoms with van der Waals surface area (Å²) in [6, 6.07) is 9.62. The van der Waals surface area contributed by atoms with Gasteiger partial charge in [-0.05, 0) is 30.7 Å². The average Bonchev–Trinajstić information content (AvgIpc) is 2.99. The monoisotopic (exact) mass is 320 g/mol. The molecule has 22 heavy (non-hydrogen) atoms. The summed E-state index contributed by atoms with van der Waals surface area (Å²) < 4.78 is 39.6. The van der Waals surface area contributed by atoms with Gasteiger partial charge in [0, 0.05) is 11.6 Å². The Kier molecular flexibility index (Phi) is 4.61. The molecule has 0 unspecified atom stereocenters. The van der Waals surface area contributed by atoms with Gasteiger partial charge in [0.1, 0.15) is 5.82 Å². The van der Waals surface area contributed by atoms with E-state index in [0.717, 1.165) is 10.2 Å². The molecule has 2 heterocycles. The first-order chi connectivity index (χ1) is 10.5. The van der Waals surface area contributed by atoms with Gasteiger partial charge >= 0.3 is 0 Å². The maximum atomic E-state index is 13.5. The fourth-order valence-electron chi connectivity index (χ4n) is 2.07. The molecule has 0 saturated heterocycles. The summed E-state index contributed by atoms with van der Waals surface area (Å²) in [5.74, 6) is -0.452. The van der Waals surface area contributed by atoms with E-state index in [1.54, 1.807) is 31.2 Å². The van der Waals surface area contributed by atoms with Crippen LogP contribution >= 0.6 is 0 Å². The zero-order valence-corrected chi connectivity index (χ0v) is 13.4. The Morgan fingerprint density at radius 1 is 1.09 bits per heavy atom. The van der Waals surface area contributed by atoms with E-state index in [1.165, 1.54) is 18.3 Å². The first-order valence-corrected chi connectivity index (χ1v) is 8.38. The number of halogens is 1. The third kappa shape index (κ3) is 2.62. The van der Waals surface area contributed by atoms with Crippen LogP contribution in [0.3, 0.4) is 0 Å². The second kappa shape index (κ2) is 6.27. The van der Waals surface area contributed by atoms with Crippen molar-refractivity contribution in [3.63, 3.8) is 0 Å². The summed E-state index contributed by atoms with van der Waals surface area (Å²) >= 11 is 0. The Morgan fingerprint density at radius 2 is 1.73 bits per heavy atom. The van der Waals surface area contributed by atoms with Gasteiger partial charge in [-0.1, -0.05) is 32.0 Å². The van der Waals surface area contributed by atoms with Crippen LogP contribution in [0.25, 0.3) is 11.0 Å². The number of fused-ring (bicyclic) bond motifs is 1. The Morgan fingerprint density at radius 3 is 2.36 bits per heavy atom. The molecule has 0 aliphatic rings. The summed E-state index contributed by atoms with van der Waals surface area (Å²) in [5.41, 5.74) is 0.616. The quantitative estimate of drug-likeness (QED) is 0.722. The van der Waals surface area contributed by atoms with Gasteiger partial charge in [0.25, 0.3) is 10.0 Å². The highest BCUT2D eigenvalue weighted by atomic mass is 32.2. The summed E-state index contributed by atoms with van der Waals surface area (Å²) in [4.78, 5) is 4.07. The van der Waals surface area contributed by atoms with Gasteiger partial charge in [0.2, 0.25) is 0 Å². The smallest absolute Gasteiger partial charge is 0.234 e. The molecule has 116 valence electrons. The van der Waals surface area contributed by atoms with Crippen molar-refractivity contribution >= 4 is 21.1 Å². The van der Waals surface area contributed by atoms with Crippen molar-refractivity contribution in [2.45, 2.75) is 25.7 Å². The third-order valence-corrected chi connectivity index (χ3v) is 4.87. The topological polar surface area (TPSA) is 52.0 Å². The van der Waals surface area contributed by atoms with Crippen LogP contribution in [-0.4, -0.2) is 17.4 Å². The molecule has 0 spiro atoms. The maximum Gasteiger partial charge on any atom is 0.269 e. The predicted octanol–water partition coefficient (Wildman–Crippen LogP) is 3.75. The predicted molar refractivity (Wildman–Crippen MR) is 84.8 cm³/mol. The van der Waals surface area contributed by atoms with Crippen molar-refractivity contribution in [3.8, 4) is 0 Å². The number of benzene rings is 1. The molecule has 0 radical (unpaired) electrons. The van der Waals surface area contributed by atoms with Crippen LogP contribution in [0.4, 0.5) is 4.39 Å². The molecule has 0 bridgehead atoms. The molecule has 0 N–H and O–H groups in total. The van der Waals surface area contributed by atoms with Gasteiger partial charge < -0.3 is 0 Å². The lowest BCUT2D eigenvalue weighted by molar-refractivity contribution is 0.588. The number of aromatic nitrogens is 2. The van der Waals surface area contributed by atoms with E-state index in [0.29, 0.717) is 10.9 Å². The van der Waals surface area contributed by atoms with Gasteiger partial charge in [-0.2, -0.15) is 0 Å². The average molecular weight is 320 g/mol.